The van der Waals surface area contributed by atoms with Gasteiger partial charge in [0.25, 0.3) is 0 Å². The molecule has 0 amide bonds. The Morgan fingerprint density at radius 1 is 1.06 bits per heavy atom. The van der Waals surface area contributed by atoms with Crippen LogP contribution in [-0.2, 0) is 14.3 Å². The average molecular weight is 427 g/mol. The van der Waals surface area contributed by atoms with Gasteiger partial charge in [-0.25, -0.2) is 0 Å². The van der Waals surface area contributed by atoms with Gasteiger partial charge in [0.15, 0.2) is 11.5 Å². The monoisotopic (exact) mass is 427 g/mol. The minimum Gasteiger partial charge on any atom is -0.460 e. The van der Waals surface area contributed by atoms with Crippen molar-refractivity contribution in [2.45, 2.75) is 38.9 Å². The predicted octanol–water partition coefficient (Wildman–Crippen LogP) is 4.31. The largest absolute Gasteiger partial charge is 0.460 e. The van der Waals surface area contributed by atoms with Crippen LogP contribution in [0.1, 0.15) is 38.9 Å². The van der Waals surface area contributed by atoms with Crippen LogP contribution in [0.15, 0.2) is 42.5 Å². The molecule has 0 N–H and O–H groups in total. The normalized spacial score (nSPS) is 18.6. The number of nitrogens with zero attached hydrogens (tertiary/aromatic N) is 1. The number of carbonyl (C=O) groups excluding carboxylic acids is 1. The number of carbonyl (C=O) groups is 1. The van der Waals surface area contributed by atoms with Crippen molar-refractivity contribution in [2.75, 3.05) is 33.0 Å². The van der Waals surface area contributed by atoms with Gasteiger partial charge in [-0.3, -0.25) is 9.69 Å². The summed E-state index contributed by atoms with van der Waals surface area (Å²) in [4.78, 5) is 14.2. The molecule has 2 aliphatic heterocycles. The molecule has 2 aromatic rings. The van der Waals surface area contributed by atoms with E-state index < -0.39 is 5.60 Å². The van der Waals surface area contributed by atoms with E-state index in [2.05, 4.69) is 4.90 Å². The maximum atomic E-state index is 12.0. The zero-order valence-corrected chi connectivity index (χ0v) is 18.3. The number of ether oxygens (including phenoxy) is 5. The van der Waals surface area contributed by atoms with Gasteiger partial charge in [0.05, 0.1) is 19.1 Å². The second kappa shape index (κ2) is 9.16. The maximum Gasteiger partial charge on any atom is 0.307 e. The summed E-state index contributed by atoms with van der Waals surface area (Å²) in [6.45, 7) is 8.74. The summed E-state index contributed by atoms with van der Waals surface area (Å²) in [5.41, 5.74) is 0.634. The summed E-state index contributed by atoms with van der Waals surface area (Å²) in [5, 5.41) is 0. The fourth-order valence-corrected chi connectivity index (χ4v) is 3.58. The third kappa shape index (κ3) is 5.89. The van der Waals surface area contributed by atoms with E-state index in [-0.39, 0.29) is 18.9 Å². The summed E-state index contributed by atoms with van der Waals surface area (Å²) in [6, 6.07) is 13.4. The maximum absolute atomic E-state index is 12.0. The molecule has 2 aliphatic rings. The van der Waals surface area contributed by atoms with Crippen LogP contribution in [0, 0.1) is 0 Å². The Labute approximate surface area is 182 Å². The van der Waals surface area contributed by atoms with Gasteiger partial charge in [0, 0.05) is 25.7 Å². The van der Waals surface area contributed by atoms with E-state index >= 15 is 0 Å². The lowest BCUT2D eigenvalue weighted by Gasteiger charge is -2.33. The van der Waals surface area contributed by atoms with Crippen molar-refractivity contribution in [3.63, 3.8) is 0 Å². The van der Waals surface area contributed by atoms with Crippen LogP contribution in [0.25, 0.3) is 0 Å². The van der Waals surface area contributed by atoms with Gasteiger partial charge in [-0.05, 0) is 50.6 Å². The molecular formula is C24H29NO6. The first kappa shape index (κ1) is 21.5. The summed E-state index contributed by atoms with van der Waals surface area (Å²) >= 11 is 0. The van der Waals surface area contributed by atoms with Crippen molar-refractivity contribution in [3.05, 3.63) is 48.0 Å². The van der Waals surface area contributed by atoms with Crippen molar-refractivity contribution in [1.29, 1.82) is 0 Å². The molecule has 0 radical (unpaired) electrons. The van der Waals surface area contributed by atoms with E-state index in [0.29, 0.717) is 31.1 Å². The molecule has 4 rings (SSSR count). The molecule has 1 saturated heterocycles. The van der Waals surface area contributed by atoms with Crippen LogP contribution in [0.4, 0.5) is 0 Å². The van der Waals surface area contributed by atoms with Crippen molar-refractivity contribution in [1.82, 2.24) is 4.90 Å². The Balaban J connectivity index is 1.30. The van der Waals surface area contributed by atoms with E-state index in [1.54, 1.807) is 0 Å². The molecule has 1 atom stereocenters. The lowest BCUT2D eigenvalue weighted by Crippen LogP contribution is -2.39. The Kier molecular flexibility index (Phi) is 6.34. The molecule has 0 aromatic heterocycles. The van der Waals surface area contributed by atoms with E-state index in [0.717, 1.165) is 30.2 Å². The molecule has 0 saturated carbocycles. The second-order valence-corrected chi connectivity index (χ2v) is 8.68. The Hall–Kier alpha value is -2.77. The van der Waals surface area contributed by atoms with Gasteiger partial charge in [0.2, 0.25) is 6.79 Å². The summed E-state index contributed by atoms with van der Waals surface area (Å²) in [6.07, 6.45) is 0.346. The molecular weight excluding hydrogens is 398 g/mol. The topological polar surface area (TPSA) is 66.5 Å². The number of esters is 1. The molecule has 2 aromatic carbocycles. The molecule has 7 heteroatoms. The van der Waals surface area contributed by atoms with Crippen molar-refractivity contribution >= 4 is 5.97 Å². The third-order valence-corrected chi connectivity index (χ3v) is 5.03. The third-order valence-electron chi connectivity index (χ3n) is 5.03. The van der Waals surface area contributed by atoms with Gasteiger partial charge in [0.1, 0.15) is 17.1 Å². The van der Waals surface area contributed by atoms with Gasteiger partial charge >= 0.3 is 5.97 Å². The minimum absolute atomic E-state index is 0.0352. The van der Waals surface area contributed by atoms with E-state index in [4.69, 9.17) is 23.7 Å². The highest BCUT2D eigenvalue weighted by molar-refractivity contribution is 5.70. The summed E-state index contributed by atoms with van der Waals surface area (Å²) in [5.74, 6) is 2.68. The summed E-state index contributed by atoms with van der Waals surface area (Å²) < 4.78 is 28.0. The zero-order chi connectivity index (χ0) is 21.8. The molecule has 1 fully saturated rings. The van der Waals surface area contributed by atoms with E-state index in [1.807, 2.05) is 63.2 Å². The van der Waals surface area contributed by atoms with Crippen LogP contribution < -0.4 is 14.2 Å². The first-order chi connectivity index (χ1) is 14.9. The van der Waals surface area contributed by atoms with Crippen molar-refractivity contribution < 1.29 is 28.5 Å². The lowest BCUT2D eigenvalue weighted by atomic mass is 10.1. The minimum atomic E-state index is -0.449. The van der Waals surface area contributed by atoms with Gasteiger partial charge in [-0.2, -0.15) is 0 Å². The zero-order valence-electron chi connectivity index (χ0n) is 18.3. The number of morpholine rings is 1. The lowest BCUT2D eigenvalue weighted by molar-refractivity contribution is -0.155. The molecule has 0 spiro atoms. The summed E-state index contributed by atoms with van der Waals surface area (Å²) in [7, 11) is 0. The molecule has 0 bridgehead atoms. The molecule has 7 nitrogen and oxygen atoms in total. The number of rotatable bonds is 6. The number of benzene rings is 2. The highest BCUT2D eigenvalue weighted by Gasteiger charge is 2.24. The number of hydrogen-bond donors (Lipinski definition) is 0. The predicted molar refractivity (Wildman–Crippen MR) is 115 cm³/mol. The highest BCUT2D eigenvalue weighted by Crippen LogP contribution is 2.36. The van der Waals surface area contributed by atoms with Crippen molar-refractivity contribution in [2.24, 2.45) is 0 Å². The van der Waals surface area contributed by atoms with Gasteiger partial charge in [-0.15, -0.1) is 0 Å². The van der Waals surface area contributed by atoms with E-state index in [1.165, 1.54) is 0 Å². The Bertz CT molecular complexity index is 905. The first-order valence-electron chi connectivity index (χ1n) is 10.6. The molecule has 0 aliphatic carbocycles. The van der Waals surface area contributed by atoms with Crippen LogP contribution in [0.2, 0.25) is 0 Å². The molecule has 166 valence electrons. The van der Waals surface area contributed by atoms with Crippen LogP contribution >= 0.6 is 0 Å². The van der Waals surface area contributed by atoms with E-state index in [9.17, 15) is 4.79 Å². The van der Waals surface area contributed by atoms with Gasteiger partial charge in [-0.1, -0.05) is 12.1 Å². The van der Waals surface area contributed by atoms with Crippen LogP contribution in [0.5, 0.6) is 23.0 Å². The SMILES string of the molecule is CC(C)(C)OC(=O)CCN1CCOC(c2ccc(Oc3ccc4c(c3)OCO4)cc2)C1. The highest BCUT2D eigenvalue weighted by atomic mass is 16.7. The second-order valence-electron chi connectivity index (χ2n) is 8.68. The molecule has 1 unspecified atom stereocenters. The fourth-order valence-electron chi connectivity index (χ4n) is 3.58. The molecule has 2 heterocycles. The number of fused-ring (bicyclic) bond motifs is 1. The number of hydrogen-bond acceptors (Lipinski definition) is 7. The Morgan fingerprint density at radius 2 is 1.81 bits per heavy atom. The van der Waals surface area contributed by atoms with Gasteiger partial charge < -0.3 is 23.7 Å². The fraction of sp³-hybridized carbons (Fsp3) is 0.458. The standard InChI is InChI=1S/C24H29NO6/c1-24(2,3)31-23(26)10-11-25-12-13-27-22(15-25)17-4-6-18(7-5-17)30-19-8-9-20-21(14-19)29-16-28-20/h4-9,14,22H,10-13,15-16H2,1-3H3. The quantitative estimate of drug-likeness (QED) is 0.636. The average Bonchev–Trinajstić information content (AvgIpc) is 3.20. The molecule has 31 heavy (non-hydrogen) atoms. The Morgan fingerprint density at radius 3 is 2.58 bits per heavy atom. The first-order valence-corrected chi connectivity index (χ1v) is 10.6. The smallest absolute Gasteiger partial charge is 0.307 e. The van der Waals surface area contributed by atoms with Crippen LogP contribution in [0.3, 0.4) is 0 Å². The van der Waals surface area contributed by atoms with Crippen LogP contribution in [-0.4, -0.2) is 49.5 Å². The van der Waals surface area contributed by atoms with Crippen molar-refractivity contribution in [3.8, 4) is 23.0 Å².